The minimum absolute atomic E-state index is 0.0968. The molecule has 0 unspecified atom stereocenters. The molecule has 1 heterocycles. The number of urea groups is 1. The van der Waals surface area contributed by atoms with Crippen LogP contribution in [-0.4, -0.2) is 33.5 Å². The number of carbonyl (C=O) groups is 2. The molecule has 1 aromatic heterocycles. The maximum atomic E-state index is 11.1. The van der Waals surface area contributed by atoms with Gasteiger partial charge in [0.05, 0.1) is 6.42 Å². The van der Waals surface area contributed by atoms with E-state index in [1.807, 2.05) is 0 Å². The van der Waals surface area contributed by atoms with Crippen LogP contribution in [0, 0.1) is 0 Å². The maximum absolute atomic E-state index is 11.1. The number of aromatic nitrogens is 1. The van der Waals surface area contributed by atoms with Crippen molar-refractivity contribution in [2.24, 2.45) is 5.73 Å². The first-order valence-corrected chi connectivity index (χ1v) is 4.74. The van der Waals surface area contributed by atoms with E-state index < -0.39 is 12.0 Å². The van der Waals surface area contributed by atoms with Gasteiger partial charge in [-0.05, 0) is 11.6 Å². The van der Waals surface area contributed by atoms with Crippen LogP contribution in [0.3, 0.4) is 0 Å². The van der Waals surface area contributed by atoms with E-state index in [-0.39, 0.29) is 19.5 Å². The second-order valence-corrected chi connectivity index (χ2v) is 3.26. The van der Waals surface area contributed by atoms with Gasteiger partial charge in [0.2, 0.25) is 0 Å². The van der Waals surface area contributed by atoms with Crippen molar-refractivity contribution < 1.29 is 14.7 Å². The second-order valence-electron chi connectivity index (χ2n) is 3.26. The van der Waals surface area contributed by atoms with E-state index in [0.29, 0.717) is 0 Å². The van der Waals surface area contributed by atoms with Crippen LogP contribution in [0.15, 0.2) is 24.5 Å². The molecular weight excluding hydrogens is 210 g/mol. The van der Waals surface area contributed by atoms with Crippen molar-refractivity contribution in [1.82, 2.24) is 9.88 Å². The highest BCUT2D eigenvalue weighted by molar-refractivity contribution is 5.73. The lowest BCUT2D eigenvalue weighted by atomic mass is 10.2. The number of amides is 2. The van der Waals surface area contributed by atoms with E-state index in [4.69, 9.17) is 10.8 Å². The summed E-state index contributed by atoms with van der Waals surface area (Å²) >= 11 is 0. The normalized spacial score (nSPS) is 9.75. The number of aliphatic carboxylic acids is 1. The number of carbonyl (C=O) groups excluding carboxylic acids is 1. The molecule has 0 saturated carbocycles. The summed E-state index contributed by atoms with van der Waals surface area (Å²) in [6.45, 7) is 0.371. The van der Waals surface area contributed by atoms with Gasteiger partial charge >= 0.3 is 12.0 Å². The van der Waals surface area contributed by atoms with Gasteiger partial charge in [0, 0.05) is 25.5 Å². The van der Waals surface area contributed by atoms with Gasteiger partial charge in [-0.15, -0.1) is 0 Å². The standard InChI is InChI=1S/C10H13N3O3/c11-10(16)13(5-3-9(14)15)7-8-2-1-4-12-6-8/h1-2,4,6H,3,5,7H2,(H2,11,16)(H,14,15). The summed E-state index contributed by atoms with van der Waals surface area (Å²) in [6.07, 6.45) is 3.11. The zero-order chi connectivity index (χ0) is 12.0. The van der Waals surface area contributed by atoms with Crippen LogP contribution in [-0.2, 0) is 11.3 Å². The molecule has 16 heavy (non-hydrogen) atoms. The quantitative estimate of drug-likeness (QED) is 0.756. The minimum Gasteiger partial charge on any atom is -0.481 e. The Bertz CT molecular complexity index is 367. The van der Waals surface area contributed by atoms with Crippen molar-refractivity contribution in [3.63, 3.8) is 0 Å². The van der Waals surface area contributed by atoms with E-state index in [1.165, 1.54) is 4.90 Å². The Morgan fingerprint density at radius 2 is 2.25 bits per heavy atom. The van der Waals surface area contributed by atoms with Gasteiger partial charge in [-0.2, -0.15) is 0 Å². The molecule has 1 rings (SSSR count). The van der Waals surface area contributed by atoms with Crippen LogP contribution in [0.2, 0.25) is 0 Å². The van der Waals surface area contributed by atoms with E-state index in [9.17, 15) is 9.59 Å². The zero-order valence-corrected chi connectivity index (χ0v) is 8.67. The summed E-state index contributed by atoms with van der Waals surface area (Å²) in [5.41, 5.74) is 5.96. The summed E-state index contributed by atoms with van der Waals surface area (Å²) in [6, 6.07) is 2.90. The largest absolute Gasteiger partial charge is 0.481 e. The van der Waals surface area contributed by atoms with E-state index in [1.54, 1.807) is 24.5 Å². The van der Waals surface area contributed by atoms with Crippen LogP contribution < -0.4 is 5.73 Å². The predicted molar refractivity (Wildman–Crippen MR) is 56.5 cm³/mol. The lowest BCUT2D eigenvalue weighted by Crippen LogP contribution is -2.36. The van der Waals surface area contributed by atoms with Crippen LogP contribution in [0.4, 0.5) is 4.79 Å². The topological polar surface area (TPSA) is 96.5 Å². The molecule has 0 atom stereocenters. The Kier molecular flexibility index (Phi) is 4.26. The van der Waals surface area contributed by atoms with Crippen molar-refractivity contribution >= 4 is 12.0 Å². The van der Waals surface area contributed by atoms with E-state index in [0.717, 1.165) is 5.56 Å². The smallest absolute Gasteiger partial charge is 0.315 e. The Morgan fingerprint density at radius 1 is 1.50 bits per heavy atom. The molecule has 6 heteroatoms. The molecule has 0 radical (unpaired) electrons. The molecule has 0 aromatic carbocycles. The summed E-state index contributed by atoms with van der Waals surface area (Å²) < 4.78 is 0. The van der Waals surface area contributed by atoms with Crippen molar-refractivity contribution in [2.75, 3.05) is 6.54 Å². The Balaban J connectivity index is 2.58. The minimum atomic E-state index is -0.961. The molecular formula is C10H13N3O3. The summed E-state index contributed by atoms with van der Waals surface area (Å²) in [5, 5.41) is 8.52. The Hall–Kier alpha value is -2.11. The molecule has 0 aliphatic carbocycles. The molecule has 2 amide bonds. The van der Waals surface area contributed by atoms with Crippen LogP contribution in [0.5, 0.6) is 0 Å². The lowest BCUT2D eigenvalue weighted by Gasteiger charge is -2.19. The molecule has 0 bridgehead atoms. The highest BCUT2D eigenvalue weighted by Crippen LogP contribution is 2.03. The van der Waals surface area contributed by atoms with Crippen molar-refractivity contribution in [3.05, 3.63) is 30.1 Å². The Labute approximate surface area is 92.7 Å². The summed E-state index contributed by atoms with van der Waals surface area (Å²) in [7, 11) is 0. The summed E-state index contributed by atoms with van der Waals surface area (Å²) in [5.74, 6) is -0.961. The molecule has 86 valence electrons. The number of nitrogens with two attached hydrogens (primary N) is 1. The van der Waals surface area contributed by atoms with Crippen LogP contribution in [0.1, 0.15) is 12.0 Å². The highest BCUT2D eigenvalue weighted by Gasteiger charge is 2.11. The van der Waals surface area contributed by atoms with Crippen molar-refractivity contribution in [1.29, 1.82) is 0 Å². The fraction of sp³-hybridized carbons (Fsp3) is 0.300. The first-order chi connectivity index (χ1) is 7.59. The monoisotopic (exact) mass is 223 g/mol. The number of pyridine rings is 1. The third kappa shape index (κ3) is 3.95. The number of hydrogen-bond donors (Lipinski definition) is 2. The Morgan fingerprint density at radius 3 is 2.75 bits per heavy atom. The van der Waals surface area contributed by atoms with E-state index in [2.05, 4.69) is 4.98 Å². The van der Waals surface area contributed by atoms with Gasteiger partial charge < -0.3 is 15.7 Å². The molecule has 0 fully saturated rings. The highest BCUT2D eigenvalue weighted by atomic mass is 16.4. The molecule has 1 aromatic rings. The number of carboxylic acid groups (broad SMARTS) is 1. The van der Waals surface area contributed by atoms with Gasteiger partial charge in [0.1, 0.15) is 0 Å². The first-order valence-electron chi connectivity index (χ1n) is 4.74. The zero-order valence-electron chi connectivity index (χ0n) is 8.67. The molecule has 3 N–H and O–H groups in total. The van der Waals surface area contributed by atoms with Gasteiger partial charge in [-0.25, -0.2) is 4.79 Å². The van der Waals surface area contributed by atoms with Gasteiger partial charge in [-0.1, -0.05) is 6.07 Å². The lowest BCUT2D eigenvalue weighted by molar-refractivity contribution is -0.137. The number of carboxylic acids is 1. The third-order valence-electron chi connectivity index (χ3n) is 2.00. The number of primary amides is 1. The average molecular weight is 223 g/mol. The van der Waals surface area contributed by atoms with Crippen molar-refractivity contribution in [3.8, 4) is 0 Å². The molecule has 0 spiro atoms. The van der Waals surface area contributed by atoms with Gasteiger partial charge in [0.25, 0.3) is 0 Å². The van der Waals surface area contributed by atoms with Crippen LogP contribution >= 0.6 is 0 Å². The summed E-state index contributed by atoms with van der Waals surface area (Å²) in [4.78, 5) is 26.6. The molecule has 0 saturated heterocycles. The number of rotatable bonds is 5. The second kappa shape index (κ2) is 5.69. The third-order valence-corrected chi connectivity index (χ3v) is 2.00. The predicted octanol–water partition coefficient (Wildman–Crippen LogP) is 0.437. The van der Waals surface area contributed by atoms with Gasteiger partial charge in [0.15, 0.2) is 0 Å². The maximum Gasteiger partial charge on any atom is 0.315 e. The number of nitrogens with zero attached hydrogens (tertiary/aromatic N) is 2. The first kappa shape index (κ1) is 12.0. The fourth-order valence-electron chi connectivity index (χ4n) is 1.21. The SMILES string of the molecule is NC(=O)N(CCC(=O)O)Cc1cccnc1. The van der Waals surface area contributed by atoms with Crippen LogP contribution in [0.25, 0.3) is 0 Å². The number of hydrogen-bond acceptors (Lipinski definition) is 3. The molecule has 6 nitrogen and oxygen atoms in total. The average Bonchev–Trinajstić information content (AvgIpc) is 2.25. The van der Waals surface area contributed by atoms with E-state index >= 15 is 0 Å². The molecule has 0 aliphatic heterocycles. The van der Waals surface area contributed by atoms with Gasteiger partial charge in [-0.3, -0.25) is 9.78 Å². The fourth-order valence-corrected chi connectivity index (χ4v) is 1.21. The molecule has 0 aliphatic rings. The van der Waals surface area contributed by atoms with Crippen molar-refractivity contribution in [2.45, 2.75) is 13.0 Å².